The Morgan fingerprint density at radius 2 is 1.92 bits per heavy atom. The number of fused-ring (bicyclic) bond motifs is 1. The van der Waals surface area contributed by atoms with Gasteiger partial charge in [0.1, 0.15) is 5.82 Å². The predicted octanol–water partition coefficient (Wildman–Crippen LogP) is 2.23. The van der Waals surface area contributed by atoms with Crippen LogP contribution in [0.3, 0.4) is 0 Å². The fourth-order valence-electron chi connectivity index (χ4n) is 3.56. The van der Waals surface area contributed by atoms with Crippen LogP contribution in [-0.4, -0.2) is 26.1 Å². The van der Waals surface area contributed by atoms with Crippen molar-refractivity contribution in [1.82, 2.24) is 20.2 Å². The summed E-state index contributed by atoms with van der Waals surface area (Å²) in [5.41, 5.74) is 1.93. The van der Waals surface area contributed by atoms with Gasteiger partial charge in [-0.3, -0.25) is 14.5 Å². The molecule has 2 aliphatic rings. The lowest BCUT2D eigenvalue weighted by atomic mass is 9.75. The Hall–Kier alpha value is -3.09. The standard InChI is InChI=1S/C19H19N5O2/c1-11-20-9-13(10-21-11)12-4-5-14-15(8-12)24(18(26)19(14,2)3)16-6-7-17(25)23-22-16/h4,6-10,14H,5H2,1-3H3,(H,23,25). The van der Waals surface area contributed by atoms with Gasteiger partial charge in [-0.2, -0.15) is 5.10 Å². The van der Waals surface area contributed by atoms with Crippen molar-refractivity contribution in [2.24, 2.45) is 11.3 Å². The summed E-state index contributed by atoms with van der Waals surface area (Å²) in [6.07, 6.45) is 8.45. The number of nitrogens with zero attached hydrogens (tertiary/aromatic N) is 4. The summed E-state index contributed by atoms with van der Waals surface area (Å²) in [6, 6.07) is 2.95. The Bertz CT molecular complexity index is 981. The maximum Gasteiger partial charge on any atom is 0.264 e. The molecule has 2 aromatic rings. The Kier molecular flexibility index (Phi) is 3.61. The molecule has 1 amide bonds. The molecule has 0 bridgehead atoms. The van der Waals surface area contributed by atoms with E-state index in [9.17, 15) is 9.59 Å². The number of hydrogen-bond acceptors (Lipinski definition) is 5. The quantitative estimate of drug-likeness (QED) is 0.897. The SMILES string of the molecule is Cc1ncc(C2=CCC3C(=C2)N(c2ccc(=O)[nH]n2)C(=O)C3(C)C)cn1. The predicted molar refractivity (Wildman–Crippen MR) is 97.1 cm³/mol. The minimum absolute atomic E-state index is 0.0249. The van der Waals surface area contributed by atoms with E-state index in [0.29, 0.717) is 11.6 Å². The summed E-state index contributed by atoms with van der Waals surface area (Å²) < 4.78 is 0. The van der Waals surface area contributed by atoms with Crippen LogP contribution in [0.1, 0.15) is 31.7 Å². The number of H-pyrrole nitrogens is 1. The Labute approximate surface area is 150 Å². The summed E-state index contributed by atoms with van der Waals surface area (Å²) in [7, 11) is 0. The molecule has 1 fully saturated rings. The summed E-state index contributed by atoms with van der Waals surface area (Å²) >= 11 is 0. The number of amides is 1. The normalized spacial score (nSPS) is 21.3. The topological polar surface area (TPSA) is 91.8 Å². The molecule has 3 heterocycles. The number of nitrogens with one attached hydrogen (secondary N) is 1. The van der Waals surface area contributed by atoms with Crippen molar-refractivity contribution in [2.45, 2.75) is 27.2 Å². The van der Waals surface area contributed by atoms with Crippen LogP contribution in [-0.2, 0) is 4.79 Å². The molecule has 7 nitrogen and oxygen atoms in total. The van der Waals surface area contributed by atoms with Crippen molar-refractivity contribution in [3.05, 3.63) is 64.1 Å². The molecular formula is C19H19N5O2. The number of aromatic amines is 1. The van der Waals surface area contributed by atoms with Crippen LogP contribution in [0.25, 0.3) is 5.57 Å². The molecule has 0 aromatic carbocycles. The van der Waals surface area contributed by atoms with Crippen LogP contribution in [0.2, 0.25) is 0 Å². The van der Waals surface area contributed by atoms with E-state index in [2.05, 4.69) is 26.2 Å². The van der Waals surface area contributed by atoms with E-state index in [0.717, 1.165) is 23.3 Å². The first kappa shape index (κ1) is 16.4. The number of hydrogen-bond donors (Lipinski definition) is 1. The van der Waals surface area contributed by atoms with E-state index in [1.54, 1.807) is 23.4 Å². The third kappa shape index (κ3) is 2.47. The van der Waals surface area contributed by atoms with Crippen LogP contribution < -0.4 is 10.5 Å². The third-order valence-electron chi connectivity index (χ3n) is 5.13. The molecule has 1 N–H and O–H groups in total. The second-order valence-electron chi connectivity index (χ2n) is 7.18. The van der Waals surface area contributed by atoms with Crippen LogP contribution in [0.4, 0.5) is 5.82 Å². The van der Waals surface area contributed by atoms with Crippen molar-refractivity contribution >= 4 is 17.3 Å². The second-order valence-corrected chi connectivity index (χ2v) is 7.18. The van der Waals surface area contributed by atoms with Gasteiger partial charge in [-0.05, 0) is 31.1 Å². The molecule has 1 aliphatic carbocycles. The minimum atomic E-state index is -0.546. The highest BCUT2D eigenvalue weighted by molar-refractivity contribution is 6.04. The average Bonchev–Trinajstić information content (AvgIpc) is 2.83. The maximum atomic E-state index is 13.1. The van der Waals surface area contributed by atoms with Crippen molar-refractivity contribution < 1.29 is 4.79 Å². The van der Waals surface area contributed by atoms with Gasteiger partial charge in [0, 0.05) is 35.6 Å². The second kappa shape index (κ2) is 5.72. The molecule has 0 spiro atoms. The van der Waals surface area contributed by atoms with E-state index < -0.39 is 5.41 Å². The van der Waals surface area contributed by atoms with Gasteiger partial charge in [-0.15, -0.1) is 0 Å². The molecule has 2 aromatic heterocycles. The molecule has 1 atom stereocenters. The molecule has 1 aliphatic heterocycles. The smallest absolute Gasteiger partial charge is 0.264 e. The monoisotopic (exact) mass is 349 g/mol. The van der Waals surface area contributed by atoms with Gasteiger partial charge in [0.25, 0.3) is 5.56 Å². The lowest BCUT2D eigenvalue weighted by Crippen LogP contribution is -2.32. The first-order valence-electron chi connectivity index (χ1n) is 8.49. The first-order valence-corrected chi connectivity index (χ1v) is 8.49. The van der Waals surface area contributed by atoms with Gasteiger partial charge in [0.2, 0.25) is 5.91 Å². The van der Waals surface area contributed by atoms with Crippen LogP contribution in [0.5, 0.6) is 0 Å². The number of carbonyl (C=O) groups is 1. The molecule has 132 valence electrons. The van der Waals surface area contributed by atoms with Gasteiger partial charge in [0.05, 0.1) is 5.41 Å². The molecule has 1 unspecified atom stereocenters. The third-order valence-corrected chi connectivity index (χ3v) is 5.13. The number of aromatic nitrogens is 4. The first-order chi connectivity index (χ1) is 12.4. The van der Waals surface area contributed by atoms with Gasteiger partial charge >= 0.3 is 0 Å². The number of aryl methyl sites for hydroxylation is 1. The Balaban J connectivity index is 1.80. The molecule has 26 heavy (non-hydrogen) atoms. The molecule has 0 saturated carbocycles. The molecule has 1 saturated heterocycles. The van der Waals surface area contributed by atoms with E-state index in [4.69, 9.17) is 0 Å². The van der Waals surface area contributed by atoms with Gasteiger partial charge < -0.3 is 0 Å². The van der Waals surface area contributed by atoms with Crippen LogP contribution in [0, 0.1) is 18.3 Å². The summed E-state index contributed by atoms with van der Waals surface area (Å²) in [6.45, 7) is 5.75. The highest BCUT2D eigenvalue weighted by Crippen LogP contribution is 2.49. The zero-order valence-corrected chi connectivity index (χ0v) is 14.9. The summed E-state index contributed by atoms with van der Waals surface area (Å²) in [4.78, 5) is 34.5. The van der Waals surface area contributed by atoms with E-state index in [1.165, 1.54) is 6.07 Å². The highest BCUT2D eigenvalue weighted by Gasteiger charge is 2.51. The van der Waals surface area contributed by atoms with Gasteiger partial charge in [-0.1, -0.05) is 19.9 Å². The number of carbonyl (C=O) groups excluding carboxylic acids is 1. The lowest BCUT2D eigenvalue weighted by Gasteiger charge is -2.25. The molecule has 0 radical (unpaired) electrons. The molecule has 7 heteroatoms. The Morgan fingerprint density at radius 1 is 1.19 bits per heavy atom. The minimum Gasteiger partial charge on any atom is -0.273 e. The van der Waals surface area contributed by atoms with Crippen LogP contribution in [0.15, 0.2) is 47.2 Å². The molecule has 4 rings (SSSR count). The van der Waals surface area contributed by atoms with E-state index in [-0.39, 0.29) is 17.4 Å². The van der Waals surface area contributed by atoms with Crippen LogP contribution >= 0.6 is 0 Å². The average molecular weight is 349 g/mol. The fourth-order valence-corrected chi connectivity index (χ4v) is 3.56. The highest BCUT2D eigenvalue weighted by atomic mass is 16.2. The van der Waals surface area contributed by atoms with Gasteiger partial charge in [0.15, 0.2) is 5.82 Å². The van der Waals surface area contributed by atoms with E-state index >= 15 is 0 Å². The lowest BCUT2D eigenvalue weighted by molar-refractivity contribution is -0.125. The van der Waals surface area contributed by atoms with Crippen molar-refractivity contribution in [3.8, 4) is 0 Å². The van der Waals surface area contributed by atoms with Crippen molar-refractivity contribution in [2.75, 3.05) is 4.90 Å². The van der Waals surface area contributed by atoms with E-state index in [1.807, 2.05) is 26.8 Å². The zero-order chi connectivity index (χ0) is 18.5. The van der Waals surface area contributed by atoms with Crippen molar-refractivity contribution in [1.29, 1.82) is 0 Å². The van der Waals surface area contributed by atoms with Gasteiger partial charge in [-0.25, -0.2) is 15.1 Å². The number of allylic oxidation sites excluding steroid dienone is 4. The summed E-state index contributed by atoms with van der Waals surface area (Å²) in [5.74, 6) is 1.17. The molecular weight excluding hydrogens is 330 g/mol. The maximum absolute atomic E-state index is 13.1. The Morgan fingerprint density at radius 3 is 2.58 bits per heavy atom. The number of anilines is 1. The van der Waals surface area contributed by atoms with Crippen molar-refractivity contribution in [3.63, 3.8) is 0 Å². The summed E-state index contributed by atoms with van der Waals surface area (Å²) in [5, 5.41) is 6.47. The zero-order valence-electron chi connectivity index (χ0n) is 14.9. The largest absolute Gasteiger partial charge is 0.273 e. The fraction of sp³-hybridized carbons (Fsp3) is 0.316. The number of rotatable bonds is 2.